The summed E-state index contributed by atoms with van der Waals surface area (Å²) < 4.78 is 32.2. The molecule has 1 N–H and O–H groups in total. The van der Waals surface area contributed by atoms with Crippen molar-refractivity contribution in [2.45, 2.75) is 51.7 Å². The molecule has 6 heteroatoms. The minimum absolute atomic E-state index is 0.0911. The van der Waals surface area contributed by atoms with E-state index in [4.69, 9.17) is 4.74 Å². The molecule has 3 atom stereocenters. The van der Waals surface area contributed by atoms with E-state index in [1.165, 1.54) is 0 Å². The lowest BCUT2D eigenvalue weighted by Gasteiger charge is -2.38. The lowest BCUT2D eigenvalue weighted by molar-refractivity contribution is 0.125. The Hall–Kier alpha value is -0.170. The summed E-state index contributed by atoms with van der Waals surface area (Å²) in [7, 11) is -3.17. The van der Waals surface area contributed by atoms with Gasteiger partial charge in [-0.25, -0.2) is 12.7 Å². The van der Waals surface area contributed by atoms with Gasteiger partial charge >= 0.3 is 0 Å². The second kappa shape index (κ2) is 7.20. The molecule has 0 amide bonds. The van der Waals surface area contributed by atoms with E-state index in [-0.39, 0.29) is 11.9 Å². The van der Waals surface area contributed by atoms with Gasteiger partial charge in [-0.05, 0) is 31.7 Å². The van der Waals surface area contributed by atoms with Crippen molar-refractivity contribution >= 4 is 10.0 Å². The summed E-state index contributed by atoms with van der Waals surface area (Å²) in [5, 5.41) is 3.48. The second-order valence-corrected chi connectivity index (χ2v) is 7.91. The Bertz CT molecular complexity index is 393. The summed E-state index contributed by atoms with van der Waals surface area (Å²) >= 11 is 0. The van der Waals surface area contributed by atoms with Crippen LogP contribution in [0.1, 0.15) is 39.5 Å². The number of ether oxygens (including phenoxy) is 1. The lowest BCUT2D eigenvalue weighted by atomic mass is 9.91. The van der Waals surface area contributed by atoms with Crippen molar-refractivity contribution in [3.63, 3.8) is 0 Å². The molecule has 2 aliphatic rings. The molecule has 3 unspecified atom stereocenters. The summed E-state index contributed by atoms with van der Waals surface area (Å²) in [5.41, 5.74) is 0. The van der Waals surface area contributed by atoms with Gasteiger partial charge in [0.15, 0.2) is 0 Å². The fourth-order valence-electron chi connectivity index (χ4n) is 3.31. The predicted octanol–water partition coefficient (Wildman–Crippen LogP) is 1.21. The van der Waals surface area contributed by atoms with Crippen LogP contribution >= 0.6 is 0 Å². The van der Waals surface area contributed by atoms with Gasteiger partial charge in [0.05, 0.1) is 11.9 Å². The van der Waals surface area contributed by atoms with Crippen molar-refractivity contribution in [1.29, 1.82) is 0 Å². The molecule has 2 heterocycles. The number of hydrogen-bond acceptors (Lipinski definition) is 4. The third kappa shape index (κ3) is 3.93. The second-order valence-electron chi connectivity index (χ2n) is 5.89. The zero-order valence-electron chi connectivity index (χ0n) is 12.7. The minimum atomic E-state index is -3.17. The molecule has 118 valence electrons. The predicted molar refractivity (Wildman–Crippen MR) is 80.2 cm³/mol. The fourth-order valence-corrected chi connectivity index (χ4v) is 5.06. The Labute approximate surface area is 123 Å². The van der Waals surface area contributed by atoms with Crippen LogP contribution in [0.3, 0.4) is 0 Å². The monoisotopic (exact) mass is 304 g/mol. The van der Waals surface area contributed by atoms with Crippen molar-refractivity contribution in [3.05, 3.63) is 0 Å². The molecule has 2 fully saturated rings. The van der Waals surface area contributed by atoms with Crippen LogP contribution in [-0.2, 0) is 14.8 Å². The highest BCUT2D eigenvalue weighted by molar-refractivity contribution is 7.89. The van der Waals surface area contributed by atoms with Crippen molar-refractivity contribution in [3.8, 4) is 0 Å². The van der Waals surface area contributed by atoms with Gasteiger partial charge in [-0.2, -0.15) is 0 Å². The summed E-state index contributed by atoms with van der Waals surface area (Å²) in [6, 6.07) is 0.458. The molecule has 0 aliphatic carbocycles. The van der Waals surface area contributed by atoms with Crippen LogP contribution in [0, 0.1) is 5.92 Å². The van der Waals surface area contributed by atoms with E-state index in [0.29, 0.717) is 31.7 Å². The van der Waals surface area contributed by atoms with E-state index < -0.39 is 10.0 Å². The SMILES string of the molecule is CCNC1CCN(S(=O)(=O)CC2CCCO2)CC1CC. The van der Waals surface area contributed by atoms with Crippen molar-refractivity contribution in [1.82, 2.24) is 9.62 Å². The summed E-state index contributed by atoms with van der Waals surface area (Å²) in [6.07, 6.45) is 3.71. The summed E-state index contributed by atoms with van der Waals surface area (Å²) in [6.45, 7) is 7.20. The van der Waals surface area contributed by atoms with E-state index >= 15 is 0 Å². The van der Waals surface area contributed by atoms with Crippen LogP contribution in [-0.4, -0.2) is 56.9 Å². The largest absolute Gasteiger partial charge is 0.377 e. The molecular weight excluding hydrogens is 276 g/mol. The third-order valence-corrected chi connectivity index (χ3v) is 6.41. The van der Waals surface area contributed by atoms with E-state index in [2.05, 4.69) is 19.2 Å². The van der Waals surface area contributed by atoms with Gasteiger partial charge in [-0.3, -0.25) is 0 Å². The van der Waals surface area contributed by atoms with Gasteiger partial charge in [0, 0.05) is 25.7 Å². The first kappa shape index (κ1) is 16.2. The number of nitrogens with zero attached hydrogens (tertiary/aromatic N) is 1. The molecule has 0 spiro atoms. The molecule has 0 saturated carbocycles. The zero-order valence-corrected chi connectivity index (χ0v) is 13.5. The average molecular weight is 304 g/mol. The molecule has 5 nitrogen and oxygen atoms in total. The van der Waals surface area contributed by atoms with Gasteiger partial charge < -0.3 is 10.1 Å². The van der Waals surface area contributed by atoms with Crippen LogP contribution in [0.5, 0.6) is 0 Å². The summed E-state index contributed by atoms with van der Waals surface area (Å²) in [4.78, 5) is 0. The van der Waals surface area contributed by atoms with Crippen LogP contribution in [0.2, 0.25) is 0 Å². The van der Waals surface area contributed by atoms with E-state index in [9.17, 15) is 8.42 Å². The quantitative estimate of drug-likeness (QED) is 0.801. The number of hydrogen-bond donors (Lipinski definition) is 1. The van der Waals surface area contributed by atoms with Gasteiger partial charge in [0.25, 0.3) is 0 Å². The highest BCUT2D eigenvalue weighted by atomic mass is 32.2. The normalized spacial score (nSPS) is 32.6. The first-order valence-electron chi connectivity index (χ1n) is 7.89. The number of sulfonamides is 1. The Balaban J connectivity index is 1.95. The number of piperidine rings is 1. The molecule has 0 radical (unpaired) electrons. The van der Waals surface area contributed by atoms with Crippen LogP contribution < -0.4 is 5.32 Å². The smallest absolute Gasteiger partial charge is 0.216 e. The maximum Gasteiger partial charge on any atom is 0.216 e. The van der Waals surface area contributed by atoms with Gasteiger partial charge in [-0.1, -0.05) is 20.3 Å². The molecule has 0 bridgehead atoms. The van der Waals surface area contributed by atoms with Crippen molar-refractivity contribution < 1.29 is 13.2 Å². The lowest BCUT2D eigenvalue weighted by Crippen LogP contribution is -2.51. The van der Waals surface area contributed by atoms with Crippen molar-refractivity contribution in [2.24, 2.45) is 5.92 Å². The molecule has 2 saturated heterocycles. The Morgan fingerprint density at radius 3 is 2.70 bits per heavy atom. The fraction of sp³-hybridized carbons (Fsp3) is 1.00. The first-order chi connectivity index (χ1) is 9.56. The Kier molecular flexibility index (Phi) is 5.84. The number of nitrogens with one attached hydrogen (secondary N) is 1. The summed E-state index contributed by atoms with van der Waals surface area (Å²) in [5.74, 6) is 0.581. The van der Waals surface area contributed by atoms with Gasteiger partial charge in [-0.15, -0.1) is 0 Å². The van der Waals surface area contributed by atoms with Gasteiger partial charge in [0.2, 0.25) is 10.0 Å². The molecule has 0 aromatic carbocycles. The zero-order chi connectivity index (χ0) is 14.6. The maximum absolute atomic E-state index is 12.5. The van der Waals surface area contributed by atoms with Gasteiger partial charge in [0.1, 0.15) is 0 Å². The number of rotatable bonds is 6. The third-order valence-electron chi connectivity index (χ3n) is 4.50. The standard InChI is InChI=1S/C14H28N2O3S/c1-3-12-10-16(8-7-14(12)15-4-2)20(17,18)11-13-6-5-9-19-13/h12-15H,3-11H2,1-2H3. The highest BCUT2D eigenvalue weighted by Gasteiger charge is 2.35. The molecule has 20 heavy (non-hydrogen) atoms. The van der Waals surface area contributed by atoms with Crippen LogP contribution in [0.25, 0.3) is 0 Å². The van der Waals surface area contributed by atoms with Crippen molar-refractivity contribution in [2.75, 3.05) is 32.0 Å². The molecule has 2 aliphatic heterocycles. The van der Waals surface area contributed by atoms with Crippen LogP contribution in [0.15, 0.2) is 0 Å². The Morgan fingerprint density at radius 1 is 1.30 bits per heavy atom. The molecular formula is C14H28N2O3S. The molecule has 0 aromatic rings. The van der Waals surface area contributed by atoms with Crippen LogP contribution in [0.4, 0.5) is 0 Å². The molecule has 2 rings (SSSR count). The van der Waals surface area contributed by atoms with E-state index in [1.54, 1.807) is 4.31 Å². The highest BCUT2D eigenvalue weighted by Crippen LogP contribution is 2.24. The minimum Gasteiger partial charge on any atom is -0.377 e. The van der Waals surface area contributed by atoms with E-state index in [0.717, 1.165) is 32.2 Å². The first-order valence-corrected chi connectivity index (χ1v) is 9.50. The molecule has 0 aromatic heterocycles. The average Bonchev–Trinajstić information content (AvgIpc) is 2.91. The maximum atomic E-state index is 12.5. The van der Waals surface area contributed by atoms with E-state index in [1.807, 2.05) is 0 Å². The topological polar surface area (TPSA) is 58.6 Å². The Morgan fingerprint density at radius 2 is 2.10 bits per heavy atom.